The van der Waals surface area contributed by atoms with Gasteiger partial charge in [-0.3, -0.25) is 9.59 Å². The van der Waals surface area contributed by atoms with Crippen molar-refractivity contribution < 1.29 is 19.4 Å². The molecule has 0 bridgehead atoms. The van der Waals surface area contributed by atoms with E-state index in [-0.39, 0.29) is 23.8 Å². The number of ether oxygens (including phenoxy) is 1. The van der Waals surface area contributed by atoms with Gasteiger partial charge in [0, 0.05) is 19.6 Å². The van der Waals surface area contributed by atoms with Gasteiger partial charge in [0.1, 0.15) is 0 Å². The third-order valence-corrected chi connectivity index (χ3v) is 3.69. The minimum absolute atomic E-state index is 0.0383. The van der Waals surface area contributed by atoms with Crippen molar-refractivity contribution in [1.29, 1.82) is 0 Å². The van der Waals surface area contributed by atoms with Crippen LogP contribution in [0.4, 0.5) is 0 Å². The molecule has 18 heavy (non-hydrogen) atoms. The van der Waals surface area contributed by atoms with Crippen LogP contribution in [-0.2, 0) is 14.3 Å². The van der Waals surface area contributed by atoms with Gasteiger partial charge >= 0.3 is 5.97 Å². The molecule has 104 valence electrons. The molecule has 0 radical (unpaired) electrons. The minimum Gasteiger partial charge on any atom is -0.481 e. The van der Waals surface area contributed by atoms with Crippen molar-refractivity contribution in [1.82, 2.24) is 4.90 Å². The highest BCUT2D eigenvalue weighted by atomic mass is 16.5. The Morgan fingerprint density at radius 3 is 2.44 bits per heavy atom. The van der Waals surface area contributed by atoms with Gasteiger partial charge in [-0.2, -0.15) is 0 Å². The second kappa shape index (κ2) is 6.73. The van der Waals surface area contributed by atoms with Crippen molar-refractivity contribution in [2.75, 3.05) is 20.3 Å². The van der Waals surface area contributed by atoms with Crippen molar-refractivity contribution in [2.45, 2.75) is 39.2 Å². The lowest BCUT2D eigenvalue weighted by atomic mass is 10.0. The molecule has 1 unspecified atom stereocenters. The van der Waals surface area contributed by atoms with Crippen molar-refractivity contribution in [3.8, 4) is 0 Å². The maximum atomic E-state index is 12.3. The molecule has 5 nitrogen and oxygen atoms in total. The number of aliphatic carboxylic acids is 1. The normalized spacial score (nSPS) is 24.8. The molecular formula is C13H23NO4. The van der Waals surface area contributed by atoms with Crippen molar-refractivity contribution in [2.24, 2.45) is 11.8 Å². The average molecular weight is 257 g/mol. The van der Waals surface area contributed by atoms with Crippen LogP contribution in [0, 0.1) is 11.8 Å². The predicted octanol–water partition coefficient (Wildman–Crippen LogP) is 1.37. The molecule has 0 aromatic carbocycles. The van der Waals surface area contributed by atoms with Crippen molar-refractivity contribution >= 4 is 11.9 Å². The number of rotatable bonds is 6. The smallest absolute Gasteiger partial charge is 0.306 e. The first-order valence-electron chi connectivity index (χ1n) is 6.53. The number of methoxy groups -OCH3 is 1. The first-order chi connectivity index (χ1) is 8.51. The quantitative estimate of drug-likeness (QED) is 0.780. The van der Waals surface area contributed by atoms with E-state index < -0.39 is 5.97 Å². The number of nitrogens with zero attached hydrogens (tertiary/aromatic N) is 1. The summed E-state index contributed by atoms with van der Waals surface area (Å²) in [4.78, 5) is 25.0. The van der Waals surface area contributed by atoms with E-state index in [1.807, 2.05) is 13.8 Å². The summed E-state index contributed by atoms with van der Waals surface area (Å²) < 4.78 is 5.07. The molecule has 1 aliphatic carbocycles. The second-order valence-corrected chi connectivity index (χ2v) is 4.97. The zero-order valence-corrected chi connectivity index (χ0v) is 11.4. The molecule has 0 aromatic rings. The predicted molar refractivity (Wildman–Crippen MR) is 67.2 cm³/mol. The molecule has 1 fully saturated rings. The maximum absolute atomic E-state index is 12.3. The van der Waals surface area contributed by atoms with Crippen molar-refractivity contribution in [3.05, 3.63) is 0 Å². The number of carboxylic acid groups (broad SMARTS) is 1. The van der Waals surface area contributed by atoms with E-state index in [0.717, 1.165) is 0 Å². The van der Waals surface area contributed by atoms with Crippen LogP contribution in [0.5, 0.6) is 0 Å². The summed E-state index contributed by atoms with van der Waals surface area (Å²) in [5.74, 6) is -1.19. The molecule has 0 aliphatic heterocycles. The molecule has 1 rings (SSSR count). The van der Waals surface area contributed by atoms with Crippen LogP contribution in [0.1, 0.15) is 33.1 Å². The third kappa shape index (κ3) is 3.45. The summed E-state index contributed by atoms with van der Waals surface area (Å²) in [6, 6.07) is 0.0383. The Hall–Kier alpha value is -1.10. The van der Waals surface area contributed by atoms with Crippen LogP contribution < -0.4 is 0 Å². The Balaban J connectivity index is 2.60. The van der Waals surface area contributed by atoms with Gasteiger partial charge in [-0.25, -0.2) is 0 Å². The van der Waals surface area contributed by atoms with Crippen molar-refractivity contribution in [3.63, 3.8) is 0 Å². The Bertz CT molecular complexity index is 305. The van der Waals surface area contributed by atoms with E-state index in [0.29, 0.717) is 32.4 Å². The van der Waals surface area contributed by atoms with Gasteiger partial charge in [-0.1, -0.05) is 0 Å². The summed E-state index contributed by atoms with van der Waals surface area (Å²) in [5, 5.41) is 8.96. The molecule has 0 aromatic heterocycles. The molecule has 0 spiro atoms. The lowest BCUT2D eigenvalue weighted by molar-refractivity contribution is -0.142. The topological polar surface area (TPSA) is 66.8 Å². The fourth-order valence-corrected chi connectivity index (χ4v) is 2.68. The molecule has 5 heteroatoms. The Kier molecular flexibility index (Phi) is 5.59. The van der Waals surface area contributed by atoms with Gasteiger partial charge in [0.15, 0.2) is 0 Å². The fraction of sp³-hybridized carbons (Fsp3) is 0.846. The third-order valence-electron chi connectivity index (χ3n) is 3.69. The van der Waals surface area contributed by atoms with Gasteiger partial charge in [0.2, 0.25) is 5.91 Å². The fourth-order valence-electron chi connectivity index (χ4n) is 2.68. The highest BCUT2D eigenvalue weighted by Crippen LogP contribution is 2.32. The van der Waals surface area contributed by atoms with Gasteiger partial charge in [0.25, 0.3) is 0 Å². The SMILES string of the molecule is CCN(C(=O)[C@@H]1CC[C@H](C(=O)O)C1)C(C)COC. The number of hydrogen-bond acceptors (Lipinski definition) is 3. The summed E-state index contributed by atoms with van der Waals surface area (Å²) >= 11 is 0. The largest absolute Gasteiger partial charge is 0.481 e. The zero-order chi connectivity index (χ0) is 13.7. The Morgan fingerprint density at radius 1 is 1.39 bits per heavy atom. The Morgan fingerprint density at radius 2 is 2.00 bits per heavy atom. The summed E-state index contributed by atoms with van der Waals surface area (Å²) in [6.45, 7) is 5.04. The van der Waals surface area contributed by atoms with Gasteiger partial charge < -0.3 is 14.7 Å². The number of hydrogen-bond donors (Lipinski definition) is 1. The lowest BCUT2D eigenvalue weighted by Gasteiger charge is -2.30. The minimum atomic E-state index is -0.779. The standard InChI is InChI=1S/C13H23NO4/c1-4-14(9(2)8-18-3)12(15)10-5-6-11(7-10)13(16)17/h9-11H,4-8H2,1-3H3,(H,16,17)/t9?,10-,11+/m1/s1. The molecule has 1 saturated carbocycles. The zero-order valence-electron chi connectivity index (χ0n) is 11.4. The average Bonchev–Trinajstić information content (AvgIpc) is 2.79. The first kappa shape index (κ1) is 15.0. The molecule has 1 N–H and O–H groups in total. The molecule has 3 atom stereocenters. The summed E-state index contributed by atoms with van der Waals surface area (Å²) in [5.41, 5.74) is 0. The van der Waals surface area contributed by atoms with E-state index in [9.17, 15) is 9.59 Å². The number of carboxylic acids is 1. The lowest BCUT2D eigenvalue weighted by Crippen LogP contribution is -2.43. The van der Waals surface area contributed by atoms with Crippen LogP contribution in [0.25, 0.3) is 0 Å². The molecule has 1 aliphatic rings. The van der Waals surface area contributed by atoms with E-state index >= 15 is 0 Å². The number of amides is 1. The number of carbonyl (C=O) groups is 2. The van der Waals surface area contributed by atoms with E-state index in [4.69, 9.17) is 9.84 Å². The van der Waals surface area contributed by atoms with E-state index in [2.05, 4.69) is 0 Å². The highest BCUT2D eigenvalue weighted by molar-refractivity contribution is 5.81. The van der Waals surface area contributed by atoms with Crippen LogP contribution >= 0.6 is 0 Å². The highest BCUT2D eigenvalue weighted by Gasteiger charge is 2.36. The Labute approximate surface area is 108 Å². The van der Waals surface area contributed by atoms with Crippen LogP contribution in [0.3, 0.4) is 0 Å². The van der Waals surface area contributed by atoms with Gasteiger partial charge in [-0.15, -0.1) is 0 Å². The second-order valence-electron chi connectivity index (χ2n) is 4.97. The van der Waals surface area contributed by atoms with E-state index in [1.54, 1.807) is 12.0 Å². The summed E-state index contributed by atoms with van der Waals surface area (Å²) in [6.07, 6.45) is 1.78. The molecule has 1 amide bonds. The van der Waals surface area contributed by atoms with Gasteiger partial charge in [-0.05, 0) is 33.1 Å². The monoisotopic (exact) mass is 257 g/mol. The first-order valence-corrected chi connectivity index (χ1v) is 6.53. The summed E-state index contributed by atoms with van der Waals surface area (Å²) in [7, 11) is 1.62. The number of carbonyl (C=O) groups excluding carboxylic acids is 1. The van der Waals surface area contributed by atoms with Gasteiger partial charge in [0.05, 0.1) is 18.6 Å². The molecule has 0 saturated heterocycles. The maximum Gasteiger partial charge on any atom is 0.306 e. The molecule has 0 heterocycles. The van der Waals surface area contributed by atoms with E-state index in [1.165, 1.54) is 0 Å². The molecular weight excluding hydrogens is 234 g/mol. The van der Waals surface area contributed by atoms with Crippen LogP contribution in [-0.4, -0.2) is 48.2 Å². The van der Waals surface area contributed by atoms with Crippen LogP contribution in [0.15, 0.2) is 0 Å². The number of likely N-dealkylation sites (N-methyl/N-ethyl adjacent to an activating group) is 1. The van der Waals surface area contributed by atoms with Crippen LogP contribution in [0.2, 0.25) is 0 Å².